The van der Waals surface area contributed by atoms with E-state index in [2.05, 4.69) is 11.6 Å². The minimum atomic E-state index is -3.80. The van der Waals surface area contributed by atoms with E-state index in [4.69, 9.17) is 5.11 Å². The predicted molar refractivity (Wildman–Crippen MR) is 76.7 cm³/mol. The fraction of sp³-hybridized carbons (Fsp3) is 0.500. The molecule has 2 rings (SSSR count). The number of rotatable bonds is 4. The van der Waals surface area contributed by atoms with Crippen molar-refractivity contribution in [1.29, 1.82) is 0 Å². The maximum absolute atomic E-state index is 12.3. The zero-order valence-electron chi connectivity index (χ0n) is 11.9. The van der Waals surface area contributed by atoms with Crippen LogP contribution in [0.25, 0.3) is 0 Å². The Kier molecular flexibility index (Phi) is 4.25. The van der Waals surface area contributed by atoms with E-state index in [9.17, 15) is 18.3 Å². The standard InChI is InChI=1S/C14H19NO5S/c1-8-3-5-12(9(8)2)15-21(19,20)10-4-6-13(16)11(7-10)14(17)18/h4,6-9,12,15-16H,3,5H2,1-2H3,(H,17,18). The van der Waals surface area contributed by atoms with Gasteiger partial charge in [-0.2, -0.15) is 0 Å². The molecular weight excluding hydrogens is 294 g/mol. The van der Waals surface area contributed by atoms with Gasteiger partial charge in [0, 0.05) is 6.04 Å². The van der Waals surface area contributed by atoms with E-state index in [1.807, 2.05) is 6.92 Å². The second-order valence-electron chi connectivity index (χ2n) is 5.63. The van der Waals surface area contributed by atoms with Crippen molar-refractivity contribution in [2.75, 3.05) is 0 Å². The number of benzene rings is 1. The first-order valence-corrected chi connectivity index (χ1v) is 8.29. The van der Waals surface area contributed by atoms with Crippen LogP contribution in [0, 0.1) is 11.8 Å². The second-order valence-corrected chi connectivity index (χ2v) is 7.34. The number of sulfonamides is 1. The highest BCUT2D eigenvalue weighted by Gasteiger charge is 2.33. The molecule has 0 aromatic heterocycles. The quantitative estimate of drug-likeness (QED) is 0.786. The summed E-state index contributed by atoms with van der Waals surface area (Å²) < 4.78 is 27.3. The molecule has 6 nitrogen and oxygen atoms in total. The van der Waals surface area contributed by atoms with E-state index >= 15 is 0 Å². The van der Waals surface area contributed by atoms with E-state index in [1.54, 1.807) is 0 Å². The Morgan fingerprint density at radius 3 is 2.48 bits per heavy atom. The second kappa shape index (κ2) is 5.65. The minimum absolute atomic E-state index is 0.146. The molecule has 0 heterocycles. The highest BCUT2D eigenvalue weighted by atomic mass is 32.2. The third kappa shape index (κ3) is 3.19. The lowest BCUT2D eigenvalue weighted by Crippen LogP contribution is -2.37. The number of carbonyl (C=O) groups is 1. The Morgan fingerprint density at radius 2 is 1.95 bits per heavy atom. The lowest BCUT2D eigenvalue weighted by molar-refractivity contribution is 0.0693. The molecule has 3 N–H and O–H groups in total. The van der Waals surface area contributed by atoms with E-state index < -0.39 is 27.3 Å². The molecule has 21 heavy (non-hydrogen) atoms. The summed E-state index contributed by atoms with van der Waals surface area (Å²) >= 11 is 0. The molecule has 1 fully saturated rings. The van der Waals surface area contributed by atoms with Gasteiger partial charge in [0.1, 0.15) is 11.3 Å². The van der Waals surface area contributed by atoms with Gasteiger partial charge >= 0.3 is 5.97 Å². The number of hydrogen-bond acceptors (Lipinski definition) is 4. The van der Waals surface area contributed by atoms with Crippen LogP contribution in [-0.2, 0) is 10.0 Å². The molecule has 0 aliphatic heterocycles. The molecule has 0 saturated heterocycles. The number of aromatic carboxylic acids is 1. The number of nitrogens with one attached hydrogen (secondary N) is 1. The van der Waals surface area contributed by atoms with Crippen LogP contribution in [0.2, 0.25) is 0 Å². The molecule has 1 aliphatic rings. The minimum Gasteiger partial charge on any atom is -0.507 e. The fourth-order valence-electron chi connectivity index (χ4n) is 2.65. The highest BCUT2D eigenvalue weighted by molar-refractivity contribution is 7.89. The average Bonchev–Trinajstić information content (AvgIpc) is 2.70. The maximum Gasteiger partial charge on any atom is 0.339 e. The first-order valence-electron chi connectivity index (χ1n) is 6.81. The van der Waals surface area contributed by atoms with Gasteiger partial charge in [0.15, 0.2) is 0 Å². The van der Waals surface area contributed by atoms with Crippen molar-refractivity contribution in [2.24, 2.45) is 11.8 Å². The van der Waals surface area contributed by atoms with Gasteiger partial charge < -0.3 is 10.2 Å². The summed E-state index contributed by atoms with van der Waals surface area (Å²) in [4.78, 5) is 10.8. The molecule has 0 radical (unpaired) electrons. The lowest BCUT2D eigenvalue weighted by Gasteiger charge is -2.19. The van der Waals surface area contributed by atoms with Gasteiger partial charge in [0.05, 0.1) is 4.90 Å². The third-order valence-electron chi connectivity index (χ3n) is 4.28. The van der Waals surface area contributed by atoms with Crippen LogP contribution < -0.4 is 4.72 Å². The van der Waals surface area contributed by atoms with Crippen molar-refractivity contribution in [2.45, 2.75) is 37.6 Å². The number of carboxylic acid groups (broad SMARTS) is 1. The van der Waals surface area contributed by atoms with Gasteiger partial charge in [-0.1, -0.05) is 13.8 Å². The van der Waals surface area contributed by atoms with Gasteiger partial charge in [-0.15, -0.1) is 0 Å². The topological polar surface area (TPSA) is 104 Å². The predicted octanol–water partition coefficient (Wildman–Crippen LogP) is 1.80. The molecule has 3 unspecified atom stereocenters. The molecule has 1 aromatic carbocycles. The van der Waals surface area contributed by atoms with Crippen LogP contribution in [0.4, 0.5) is 0 Å². The number of aromatic hydroxyl groups is 1. The Morgan fingerprint density at radius 1 is 1.29 bits per heavy atom. The van der Waals surface area contributed by atoms with Crippen molar-refractivity contribution in [3.8, 4) is 5.75 Å². The molecule has 3 atom stereocenters. The normalized spacial score (nSPS) is 25.9. The monoisotopic (exact) mass is 313 g/mol. The molecule has 1 aliphatic carbocycles. The van der Waals surface area contributed by atoms with Crippen molar-refractivity contribution in [3.63, 3.8) is 0 Å². The van der Waals surface area contributed by atoms with Crippen LogP contribution in [0.5, 0.6) is 5.75 Å². The van der Waals surface area contributed by atoms with Gasteiger partial charge in [-0.25, -0.2) is 17.9 Å². The largest absolute Gasteiger partial charge is 0.507 e. The zero-order valence-corrected chi connectivity index (χ0v) is 12.7. The molecule has 1 saturated carbocycles. The van der Waals surface area contributed by atoms with E-state index in [0.29, 0.717) is 5.92 Å². The van der Waals surface area contributed by atoms with Crippen molar-refractivity contribution in [1.82, 2.24) is 4.72 Å². The summed E-state index contributed by atoms with van der Waals surface area (Å²) in [6.07, 6.45) is 1.73. The smallest absolute Gasteiger partial charge is 0.339 e. The van der Waals surface area contributed by atoms with E-state index in [-0.39, 0.29) is 16.9 Å². The lowest BCUT2D eigenvalue weighted by atomic mass is 9.98. The molecule has 0 spiro atoms. The SMILES string of the molecule is CC1CCC(NS(=O)(=O)c2ccc(O)c(C(=O)O)c2)C1C. The first kappa shape index (κ1) is 15.8. The Bertz CT molecular complexity index is 655. The van der Waals surface area contributed by atoms with Crippen LogP contribution in [-0.4, -0.2) is 30.6 Å². The van der Waals surface area contributed by atoms with Gasteiger partial charge in [-0.05, 0) is 42.9 Å². The Hall–Kier alpha value is -1.60. The average molecular weight is 313 g/mol. The van der Waals surface area contributed by atoms with Crippen molar-refractivity contribution >= 4 is 16.0 Å². The highest BCUT2D eigenvalue weighted by Crippen LogP contribution is 2.32. The maximum atomic E-state index is 12.3. The molecule has 0 bridgehead atoms. The van der Waals surface area contributed by atoms with E-state index in [0.717, 1.165) is 25.0 Å². The summed E-state index contributed by atoms with van der Waals surface area (Å²) in [5.74, 6) is -1.14. The van der Waals surface area contributed by atoms with Crippen LogP contribution in [0.15, 0.2) is 23.1 Å². The van der Waals surface area contributed by atoms with Gasteiger partial charge in [0.2, 0.25) is 10.0 Å². The van der Waals surface area contributed by atoms with Gasteiger partial charge in [-0.3, -0.25) is 0 Å². The number of phenols is 1. The Balaban J connectivity index is 2.28. The fourth-order valence-corrected chi connectivity index (χ4v) is 4.04. The number of hydrogen-bond donors (Lipinski definition) is 3. The summed E-state index contributed by atoms with van der Waals surface area (Å²) in [6, 6.07) is 3.11. The third-order valence-corrected chi connectivity index (χ3v) is 5.77. The molecule has 116 valence electrons. The molecular formula is C14H19NO5S. The van der Waals surface area contributed by atoms with Crippen molar-refractivity contribution in [3.05, 3.63) is 23.8 Å². The summed E-state index contributed by atoms with van der Waals surface area (Å²) in [6.45, 7) is 4.09. The van der Waals surface area contributed by atoms with Crippen LogP contribution in [0.1, 0.15) is 37.0 Å². The van der Waals surface area contributed by atoms with Crippen LogP contribution in [0.3, 0.4) is 0 Å². The summed E-state index contributed by atoms with van der Waals surface area (Å²) in [5, 5.41) is 18.4. The van der Waals surface area contributed by atoms with E-state index in [1.165, 1.54) is 6.07 Å². The number of carboxylic acids is 1. The molecule has 1 aromatic rings. The molecule has 0 amide bonds. The Labute approximate surface area is 123 Å². The zero-order chi connectivity index (χ0) is 15.8. The molecule has 7 heteroatoms. The summed E-state index contributed by atoms with van der Waals surface area (Å²) in [5.41, 5.74) is -0.425. The van der Waals surface area contributed by atoms with Crippen molar-refractivity contribution < 1.29 is 23.4 Å². The summed E-state index contributed by atoms with van der Waals surface area (Å²) in [7, 11) is -3.80. The van der Waals surface area contributed by atoms with Gasteiger partial charge in [0.25, 0.3) is 0 Å². The first-order chi connectivity index (χ1) is 9.72. The van der Waals surface area contributed by atoms with Crippen LogP contribution >= 0.6 is 0 Å².